The van der Waals surface area contributed by atoms with Gasteiger partial charge >= 0.3 is 5.97 Å². The van der Waals surface area contributed by atoms with Crippen LogP contribution in [0.4, 0.5) is 0 Å². The van der Waals surface area contributed by atoms with E-state index in [1.807, 2.05) is 48.5 Å². The Morgan fingerprint density at radius 3 is 2.62 bits per heavy atom. The van der Waals surface area contributed by atoms with Gasteiger partial charge in [-0.3, -0.25) is 9.78 Å². The minimum atomic E-state index is -0.750. The van der Waals surface area contributed by atoms with Crippen molar-refractivity contribution in [2.75, 3.05) is 0 Å². The Morgan fingerprint density at radius 2 is 1.83 bits per heavy atom. The quantitative estimate of drug-likeness (QED) is 0.708. The maximum absolute atomic E-state index is 10.5. The van der Waals surface area contributed by atoms with Gasteiger partial charge in [0, 0.05) is 18.0 Å². The summed E-state index contributed by atoms with van der Waals surface area (Å²) >= 11 is 0. The first-order valence-corrected chi connectivity index (χ1v) is 7.98. The molecule has 0 saturated carbocycles. The summed E-state index contributed by atoms with van der Waals surface area (Å²) in [6.07, 6.45) is 3.41. The molecule has 0 saturated heterocycles. The van der Waals surface area contributed by atoms with Crippen molar-refractivity contribution in [1.29, 1.82) is 0 Å². The molecule has 24 heavy (non-hydrogen) atoms. The number of carboxylic acid groups (broad SMARTS) is 1. The van der Waals surface area contributed by atoms with Crippen molar-refractivity contribution in [3.05, 3.63) is 71.9 Å². The van der Waals surface area contributed by atoms with Crippen LogP contribution in [0.2, 0.25) is 0 Å². The third-order valence-corrected chi connectivity index (χ3v) is 3.85. The van der Waals surface area contributed by atoms with Gasteiger partial charge < -0.3 is 9.84 Å². The van der Waals surface area contributed by atoms with E-state index in [1.165, 1.54) is 0 Å². The molecule has 0 fully saturated rings. The number of aliphatic carboxylic acids is 1. The molecule has 4 nitrogen and oxygen atoms in total. The third-order valence-electron chi connectivity index (χ3n) is 3.85. The van der Waals surface area contributed by atoms with Crippen molar-refractivity contribution in [2.24, 2.45) is 0 Å². The Kier molecular flexibility index (Phi) is 5.06. The van der Waals surface area contributed by atoms with Gasteiger partial charge in [-0.25, -0.2) is 0 Å². The van der Waals surface area contributed by atoms with Crippen molar-refractivity contribution in [2.45, 2.75) is 25.9 Å². The summed E-state index contributed by atoms with van der Waals surface area (Å²) in [5.74, 6) is 0.0591. The zero-order valence-electron chi connectivity index (χ0n) is 13.3. The minimum Gasteiger partial charge on any atom is -0.489 e. The van der Waals surface area contributed by atoms with Crippen LogP contribution in [0.5, 0.6) is 5.75 Å². The van der Waals surface area contributed by atoms with E-state index in [1.54, 1.807) is 6.20 Å². The molecule has 0 atom stereocenters. The van der Waals surface area contributed by atoms with Gasteiger partial charge in [0.05, 0.1) is 5.52 Å². The summed E-state index contributed by atoms with van der Waals surface area (Å²) in [4.78, 5) is 14.8. The SMILES string of the molecule is O=C(O)CCCc1ccc(OCc2ccc3ncccc3c2)cc1. The number of ether oxygens (including phenoxy) is 1. The number of rotatable bonds is 7. The molecule has 3 rings (SSSR count). The Hall–Kier alpha value is -2.88. The average Bonchev–Trinajstić information content (AvgIpc) is 2.60. The smallest absolute Gasteiger partial charge is 0.303 e. The molecule has 2 aromatic carbocycles. The van der Waals surface area contributed by atoms with E-state index in [9.17, 15) is 4.79 Å². The highest BCUT2D eigenvalue weighted by molar-refractivity contribution is 5.78. The molecule has 1 N–H and O–H groups in total. The number of benzene rings is 2. The van der Waals surface area contributed by atoms with E-state index < -0.39 is 5.97 Å². The normalized spacial score (nSPS) is 10.7. The van der Waals surface area contributed by atoms with Crippen LogP contribution in [0, 0.1) is 0 Å². The van der Waals surface area contributed by atoms with E-state index in [-0.39, 0.29) is 6.42 Å². The number of nitrogens with zero attached hydrogens (tertiary/aromatic N) is 1. The zero-order valence-corrected chi connectivity index (χ0v) is 13.3. The maximum atomic E-state index is 10.5. The molecule has 0 aliphatic carbocycles. The number of pyridine rings is 1. The summed E-state index contributed by atoms with van der Waals surface area (Å²) in [6.45, 7) is 0.503. The predicted molar refractivity (Wildman–Crippen MR) is 93.1 cm³/mol. The predicted octanol–water partition coefficient (Wildman–Crippen LogP) is 4.22. The highest BCUT2D eigenvalue weighted by atomic mass is 16.5. The molecule has 1 heterocycles. The highest BCUT2D eigenvalue weighted by Gasteiger charge is 2.01. The van der Waals surface area contributed by atoms with Gasteiger partial charge in [-0.15, -0.1) is 0 Å². The fourth-order valence-electron chi connectivity index (χ4n) is 2.58. The van der Waals surface area contributed by atoms with E-state index in [0.29, 0.717) is 13.0 Å². The lowest BCUT2D eigenvalue weighted by Gasteiger charge is -2.08. The molecular weight excluding hydrogens is 302 g/mol. The fraction of sp³-hybridized carbons (Fsp3) is 0.200. The van der Waals surface area contributed by atoms with E-state index in [2.05, 4.69) is 11.1 Å². The van der Waals surface area contributed by atoms with Gasteiger partial charge in [-0.1, -0.05) is 24.3 Å². The monoisotopic (exact) mass is 321 g/mol. The second-order valence-corrected chi connectivity index (χ2v) is 5.71. The molecule has 0 aliphatic heterocycles. The molecule has 1 aromatic heterocycles. The number of aromatic nitrogens is 1. The first-order valence-electron chi connectivity index (χ1n) is 7.98. The Labute approximate surface area is 140 Å². The molecule has 0 unspecified atom stereocenters. The molecule has 0 spiro atoms. The summed E-state index contributed by atoms with van der Waals surface area (Å²) in [5.41, 5.74) is 3.20. The van der Waals surface area contributed by atoms with Gasteiger partial charge in [0.15, 0.2) is 0 Å². The number of carbonyl (C=O) groups is 1. The fourth-order valence-corrected chi connectivity index (χ4v) is 2.58. The lowest BCUT2D eigenvalue weighted by atomic mass is 10.1. The minimum absolute atomic E-state index is 0.203. The van der Waals surface area contributed by atoms with Crippen LogP contribution in [-0.4, -0.2) is 16.1 Å². The number of hydrogen-bond donors (Lipinski definition) is 1. The second kappa shape index (κ2) is 7.59. The summed E-state index contributed by atoms with van der Waals surface area (Å²) in [5, 5.41) is 9.76. The second-order valence-electron chi connectivity index (χ2n) is 5.71. The number of hydrogen-bond acceptors (Lipinski definition) is 3. The summed E-state index contributed by atoms with van der Waals surface area (Å²) in [6, 6.07) is 17.9. The Morgan fingerprint density at radius 1 is 1.04 bits per heavy atom. The van der Waals surface area contributed by atoms with E-state index >= 15 is 0 Å². The molecule has 0 radical (unpaired) electrons. The lowest BCUT2D eigenvalue weighted by molar-refractivity contribution is -0.137. The Balaban J connectivity index is 1.56. The van der Waals surface area contributed by atoms with Gasteiger partial charge in [-0.2, -0.15) is 0 Å². The van der Waals surface area contributed by atoms with Gasteiger partial charge in [0.2, 0.25) is 0 Å². The number of fused-ring (bicyclic) bond motifs is 1. The average molecular weight is 321 g/mol. The largest absolute Gasteiger partial charge is 0.489 e. The molecule has 0 aliphatic rings. The molecule has 4 heteroatoms. The molecule has 0 amide bonds. The van der Waals surface area contributed by atoms with Crippen LogP contribution in [0.25, 0.3) is 10.9 Å². The first kappa shape index (κ1) is 16.0. The van der Waals surface area contributed by atoms with Gasteiger partial charge in [0.25, 0.3) is 0 Å². The van der Waals surface area contributed by atoms with E-state index in [0.717, 1.165) is 34.2 Å². The first-order chi connectivity index (χ1) is 11.7. The van der Waals surface area contributed by atoms with Crippen molar-refractivity contribution in [3.8, 4) is 5.75 Å². The van der Waals surface area contributed by atoms with Gasteiger partial charge in [0.1, 0.15) is 12.4 Å². The third kappa shape index (κ3) is 4.32. The number of aryl methyl sites for hydroxylation is 1. The van der Waals surface area contributed by atoms with Gasteiger partial charge in [-0.05, 0) is 54.3 Å². The van der Waals surface area contributed by atoms with Crippen molar-refractivity contribution in [3.63, 3.8) is 0 Å². The summed E-state index contributed by atoms with van der Waals surface area (Å²) in [7, 11) is 0. The van der Waals surface area contributed by atoms with Crippen LogP contribution < -0.4 is 4.74 Å². The standard InChI is InChI=1S/C20H19NO3/c22-20(23)5-1-3-15-6-9-18(10-7-15)24-14-16-8-11-19-17(13-16)4-2-12-21-19/h2,4,6-13H,1,3,5,14H2,(H,22,23). The van der Waals surface area contributed by atoms with Crippen LogP contribution in [0.1, 0.15) is 24.0 Å². The van der Waals surface area contributed by atoms with Crippen molar-refractivity contribution >= 4 is 16.9 Å². The molecule has 122 valence electrons. The molecular formula is C20H19NO3. The number of carboxylic acids is 1. The topological polar surface area (TPSA) is 59.4 Å². The van der Waals surface area contributed by atoms with Crippen LogP contribution in [0.15, 0.2) is 60.8 Å². The van der Waals surface area contributed by atoms with Crippen LogP contribution >= 0.6 is 0 Å². The van der Waals surface area contributed by atoms with Crippen molar-refractivity contribution < 1.29 is 14.6 Å². The molecule has 3 aromatic rings. The Bertz CT molecular complexity index is 828. The van der Waals surface area contributed by atoms with E-state index in [4.69, 9.17) is 9.84 Å². The van der Waals surface area contributed by atoms with Crippen molar-refractivity contribution in [1.82, 2.24) is 4.98 Å². The van der Waals surface area contributed by atoms with Crippen LogP contribution in [-0.2, 0) is 17.8 Å². The lowest BCUT2D eigenvalue weighted by Crippen LogP contribution is -1.97. The highest BCUT2D eigenvalue weighted by Crippen LogP contribution is 2.18. The zero-order chi connectivity index (χ0) is 16.8. The maximum Gasteiger partial charge on any atom is 0.303 e. The molecule has 0 bridgehead atoms. The summed E-state index contributed by atoms with van der Waals surface area (Å²) < 4.78 is 5.82. The van der Waals surface area contributed by atoms with Crippen LogP contribution in [0.3, 0.4) is 0 Å².